The number of anilines is 1. The highest BCUT2D eigenvalue weighted by atomic mass is 32.2. The van der Waals surface area contributed by atoms with E-state index in [1.807, 2.05) is 67.6 Å². The van der Waals surface area contributed by atoms with Gasteiger partial charge < -0.3 is 4.74 Å². The van der Waals surface area contributed by atoms with E-state index in [9.17, 15) is 8.42 Å². The third-order valence-electron chi connectivity index (χ3n) is 5.29. The van der Waals surface area contributed by atoms with Crippen LogP contribution in [0.15, 0.2) is 95.9 Å². The summed E-state index contributed by atoms with van der Waals surface area (Å²) in [5, 5.41) is 2.24. The van der Waals surface area contributed by atoms with Crippen LogP contribution in [0, 0.1) is 6.92 Å². The van der Waals surface area contributed by atoms with Crippen molar-refractivity contribution in [2.24, 2.45) is 0 Å². The van der Waals surface area contributed by atoms with Crippen LogP contribution in [0.4, 0.5) is 5.82 Å². The predicted molar refractivity (Wildman–Crippen MR) is 130 cm³/mol. The lowest BCUT2D eigenvalue weighted by Gasteiger charge is -2.13. The van der Waals surface area contributed by atoms with Crippen molar-refractivity contribution >= 4 is 37.6 Å². The van der Waals surface area contributed by atoms with Gasteiger partial charge in [0.15, 0.2) is 0 Å². The maximum atomic E-state index is 13.0. The topological polar surface area (TPSA) is 81.2 Å². The van der Waals surface area contributed by atoms with Gasteiger partial charge in [-0.15, -0.1) is 0 Å². The fraction of sp³-hybridized carbons (Fsp3) is 0.0769. The molecule has 6 nitrogen and oxygen atoms in total. The van der Waals surface area contributed by atoms with Crippen LogP contribution in [-0.4, -0.2) is 18.4 Å². The van der Waals surface area contributed by atoms with Crippen LogP contribution in [0.1, 0.15) is 11.1 Å². The number of sulfonamides is 1. The molecule has 0 aliphatic rings. The van der Waals surface area contributed by atoms with Crippen LogP contribution >= 0.6 is 0 Å². The molecule has 0 bridgehead atoms. The van der Waals surface area contributed by atoms with E-state index >= 15 is 0 Å². The van der Waals surface area contributed by atoms with E-state index in [2.05, 4.69) is 14.7 Å². The normalized spacial score (nSPS) is 11.5. The minimum atomic E-state index is -3.87. The maximum Gasteiger partial charge on any atom is 0.263 e. The molecule has 7 heteroatoms. The standard InChI is InChI=1S/C26H21N3O3S/c1-18-10-14-22(15-11-18)33(30,31)29-25-26(28-24-9-5-4-8-23(24)27-25)32-17-19-12-13-20-6-2-3-7-21(20)16-19/h2-16H,17H2,1H3,(H,27,29). The van der Waals surface area contributed by atoms with Crippen molar-refractivity contribution in [2.45, 2.75) is 18.4 Å². The first-order chi connectivity index (χ1) is 16.0. The Morgan fingerprint density at radius 3 is 2.21 bits per heavy atom. The van der Waals surface area contributed by atoms with E-state index in [0.29, 0.717) is 11.0 Å². The summed E-state index contributed by atoms with van der Waals surface area (Å²) in [6, 6.07) is 28.0. The summed E-state index contributed by atoms with van der Waals surface area (Å²) in [5.41, 5.74) is 3.09. The van der Waals surface area contributed by atoms with E-state index in [-0.39, 0.29) is 23.2 Å². The first-order valence-corrected chi connectivity index (χ1v) is 11.9. The van der Waals surface area contributed by atoms with Gasteiger partial charge in [-0.3, -0.25) is 4.72 Å². The van der Waals surface area contributed by atoms with Gasteiger partial charge >= 0.3 is 0 Å². The van der Waals surface area contributed by atoms with Gasteiger partial charge in [0.05, 0.1) is 15.9 Å². The van der Waals surface area contributed by atoms with Crippen LogP contribution < -0.4 is 9.46 Å². The number of ether oxygens (including phenoxy) is 1. The summed E-state index contributed by atoms with van der Waals surface area (Å²) in [4.78, 5) is 9.16. The summed E-state index contributed by atoms with van der Waals surface area (Å²) in [5.74, 6) is 0.174. The Kier molecular flexibility index (Phi) is 5.40. The molecule has 1 aromatic heterocycles. The molecule has 1 N–H and O–H groups in total. The molecule has 4 aromatic carbocycles. The number of nitrogens with zero attached hydrogens (tertiary/aromatic N) is 2. The van der Waals surface area contributed by atoms with Gasteiger partial charge in [0.2, 0.25) is 5.82 Å². The molecule has 1 heterocycles. The Morgan fingerprint density at radius 1 is 0.788 bits per heavy atom. The number of hydrogen-bond acceptors (Lipinski definition) is 5. The molecular formula is C26H21N3O3S. The van der Waals surface area contributed by atoms with Crippen LogP contribution in [0.2, 0.25) is 0 Å². The first kappa shape index (κ1) is 20.9. The zero-order valence-corrected chi connectivity index (χ0v) is 18.7. The largest absolute Gasteiger partial charge is 0.470 e. The fourth-order valence-electron chi connectivity index (χ4n) is 3.53. The summed E-state index contributed by atoms with van der Waals surface area (Å²) < 4.78 is 34.5. The number of para-hydroxylation sites is 2. The lowest BCUT2D eigenvalue weighted by Crippen LogP contribution is -2.15. The third kappa shape index (κ3) is 4.49. The van der Waals surface area contributed by atoms with Crippen molar-refractivity contribution < 1.29 is 13.2 Å². The summed E-state index contributed by atoms with van der Waals surface area (Å²) >= 11 is 0. The Balaban J connectivity index is 1.48. The molecule has 164 valence electrons. The number of rotatable bonds is 6. The average molecular weight is 456 g/mol. The van der Waals surface area contributed by atoms with Gasteiger partial charge in [-0.25, -0.2) is 18.4 Å². The average Bonchev–Trinajstić information content (AvgIpc) is 2.82. The third-order valence-corrected chi connectivity index (χ3v) is 6.65. The van der Waals surface area contributed by atoms with E-state index in [4.69, 9.17) is 4.74 Å². The van der Waals surface area contributed by atoms with Crippen LogP contribution in [0.25, 0.3) is 21.8 Å². The molecule has 33 heavy (non-hydrogen) atoms. The molecular weight excluding hydrogens is 434 g/mol. The second-order valence-electron chi connectivity index (χ2n) is 7.75. The van der Waals surface area contributed by atoms with Gasteiger partial charge in [0, 0.05) is 0 Å². The number of nitrogens with one attached hydrogen (secondary N) is 1. The van der Waals surface area contributed by atoms with Gasteiger partial charge in [-0.05, 0) is 53.6 Å². The molecule has 5 aromatic rings. The van der Waals surface area contributed by atoms with Crippen molar-refractivity contribution in [2.75, 3.05) is 4.72 Å². The number of benzene rings is 4. The van der Waals surface area contributed by atoms with Crippen molar-refractivity contribution in [1.82, 2.24) is 9.97 Å². The Labute approximate surface area is 192 Å². The molecule has 0 unspecified atom stereocenters. The second-order valence-corrected chi connectivity index (χ2v) is 9.44. The number of aromatic nitrogens is 2. The molecule has 0 fully saturated rings. The van der Waals surface area contributed by atoms with Crippen LogP contribution in [0.3, 0.4) is 0 Å². The SMILES string of the molecule is Cc1ccc(S(=O)(=O)Nc2nc3ccccc3nc2OCc2ccc3ccccc3c2)cc1. The molecule has 5 rings (SSSR count). The molecule has 0 saturated heterocycles. The van der Waals surface area contributed by atoms with Crippen molar-refractivity contribution in [3.05, 3.63) is 102 Å². The maximum absolute atomic E-state index is 13.0. The molecule has 0 atom stereocenters. The van der Waals surface area contributed by atoms with Gasteiger partial charge in [-0.1, -0.05) is 66.2 Å². The monoisotopic (exact) mass is 455 g/mol. The smallest absolute Gasteiger partial charge is 0.263 e. The van der Waals surface area contributed by atoms with Crippen molar-refractivity contribution in [3.8, 4) is 5.88 Å². The van der Waals surface area contributed by atoms with E-state index in [1.54, 1.807) is 30.3 Å². The van der Waals surface area contributed by atoms with E-state index in [1.165, 1.54) is 0 Å². The zero-order chi connectivity index (χ0) is 22.8. The van der Waals surface area contributed by atoms with Crippen molar-refractivity contribution in [3.63, 3.8) is 0 Å². The fourth-order valence-corrected chi connectivity index (χ4v) is 4.53. The van der Waals surface area contributed by atoms with Crippen molar-refractivity contribution in [1.29, 1.82) is 0 Å². The minimum Gasteiger partial charge on any atom is -0.470 e. The van der Waals surface area contributed by atoms with Crippen LogP contribution in [0.5, 0.6) is 5.88 Å². The molecule has 0 aliphatic carbocycles. The summed E-state index contributed by atoms with van der Waals surface area (Å²) in [7, 11) is -3.87. The summed E-state index contributed by atoms with van der Waals surface area (Å²) in [6.07, 6.45) is 0. The highest BCUT2D eigenvalue weighted by Crippen LogP contribution is 2.27. The number of hydrogen-bond donors (Lipinski definition) is 1. The van der Waals surface area contributed by atoms with E-state index < -0.39 is 10.0 Å². The van der Waals surface area contributed by atoms with Crippen LogP contribution in [-0.2, 0) is 16.6 Å². The molecule has 0 saturated carbocycles. The van der Waals surface area contributed by atoms with Gasteiger partial charge in [-0.2, -0.15) is 0 Å². The first-order valence-electron chi connectivity index (χ1n) is 10.4. The molecule has 0 amide bonds. The summed E-state index contributed by atoms with van der Waals surface area (Å²) in [6.45, 7) is 2.12. The Morgan fingerprint density at radius 2 is 1.45 bits per heavy atom. The Hall–Kier alpha value is -3.97. The lowest BCUT2D eigenvalue weighted by atomic mass is 10.1. The van der Waals surface area contributed by atoms with E-state index in [0.717, 1.165) is 21.9 Å². The number of aryl methyl sites for hydroxylation is 1. The number of fused-ring (bicyclic) bond motifs is 2. The molecule has 0 aliphatic heterocycles. The molecule has 0 spiro atoms. The lowest BCUT2D eigenvalue weighted by molar-refractivity contribution is 0.296. The Bertz CT molecular complexity index is 1570. The minimum absolute atomic E-state index is 0.0510. The second kappa shape index (κ2) is 8.52. The highest BCUT2D eigenvalue weighted by Gasteiger charge is 2.20. The predicted octanol–water partition coefficient (Wildman–Crippen LogP) is 5.47. The highest BCUT2D eigenvalue weighted by molar-refractivity contribution is 7.92. The van der Waals surface area contributed by atoms with Gasteiger partial charge in [0.25, 0.3) is 15.9 Å². The molecule has 0 radical (unpaired) electrons. The quantitative estimate of drug-likeness (QED) is 0.367. The van der Waals surface area contributed by atoms with Gasteiger partial charge in [0.1, 0.15) is 6.61 Å². The zero-order valence-electron chi connectivity index (χ0n) is 17.9.